The molecule has 1 aromatic rings. The van der Waals surface area contributed by atoms with E-state index in [1.165, 1.54) is 44.8 Å². The van der Waals surface area contributed by atoms with Gasteiger partial charge in [-0.25, -0.2) is 0 Å². The molecule has 2 aliphatic heterocycles. The number of nitrogens with one attached hydrogen (secondary N) is 1. The van der Waals surface area contributed by atoms with Crippen LogP contribution in [0.25, 0.3) is 0 Å². The molecule has 19 heavy (non-hydrogen) atoms. The molecule has 1 N–H and O–H groups in total. The van der Waals surface area contributed by atoms with E-state index in [9.17, 15) is 0 Å². The summed E-state index contributed by atoms with van der Waals surface area (Å²) in [5, 5.41) is 7.75. The molecule has 2 saturated heterocycles. The zero-order valence-electron chi connectivity index (χ0n) is 12.0. The molecule has 106 valence electrons. The number of hydrogen-bond donors (Lipinski definition) is 1. The van der Waals surface area contributed by atoms with Crippen LogP contribution < -0.4 is 5.32 Å². The Kier molecular flexibility index (Phi) is 3.86. The largest absolute Gasteiger partial charge is 0.314 e. The van der Waals surface area contributed by atoms with Crippen LogP contribution in [0.4, 0.5) is 0 Å². The van der Waals surface area contributed by atoms with E-state index in [0.29, 0.717) is 6.04 Å². The minimum absolute atomic E-state index is 0.488. The Morgan fingerprint density at radius 1 is 1.32 bits per heavy atom. The number of nitrogens with zero attached hydrogens (tertiary/aromatic N) is 4. The van der Waals surface area contributed by atoms with E-state index < -0.39 is 0 Å². The van der Waals surface area contributed by atoms with Gasteiger partial charge in [-0.1, -0.05) is 0 Å². The van der Waals surface area contributed by atoms with Gasteiger partial charge in [0, 0.05) is 69.7 Å². The Morgan fingerprint density at radius 2 is 2.05 bits per heavy atom. The second kappa shape index (κ2) is 5.61. The second-order valence-electron chi connectivity index (χ2n) is 5.69. The molecular weight excluding hydrogens is 238 g/mol. The van der Waals surface area contributed by atoms with Gasteiger partial charge in [0.15, 0.2) is 0 Å². The van der Waals surface area contributed by atoms with Crippen LogP contribution in [0.15, 0.2) is 12.4 Å². The van der Waals surface area contributed by atoms with Gasteiger partial charge in [-0.15, -0.1) is 0 Å². The molecule has 0 aromatic carbocycles. The summed E-state index contributed by atoms with van der Waals surface area (Å²) >= 11 is 0. The Labute approximate surface area is 115 Å². The van der Waals surface area contributed by atoms with E-state index >= 15 is 0 Å². The third-order valence-corrected chi connectivity index (χ3v) is 4.63. The fraction of sp³-hybridized carbons (Fsp3) is 0.786. The lowest BCUT2D eigenvalue weighted by molar-refractivity contribution is 0.0552. The van der Waals surface area contributed by atoms with Crippen LogP contribution in [-0.4, -0.2) is 64.9 Å². The van der Waals surface area contributed by atoms with Gasteiger partial charge in [0.2, 0.25) is 0 Å². The van der Waals surface area contributed by atoms with E-state index in [1.54, 1.807) is 0 Å². The monoisotopic (exact) mass is 263 g/mol. The van der Waals surface area contributed by atoms with Crippen LogP contribution in [-0.2, 0) is 6.54 Å². The fourth-order valence-corrected chi connectivity index (χ4v) is 3.00. The van der Waals surface area contributed by atoms with Crippen LogP contribution in [0.3, 0.4) is 0 Å². The van der Waals surface area contributed by atoms with Gasteiger partial charge in [0.25, 0.3) is 0 Å². The lowest BCUT2D eigenvalue weighted by atomic mass is 10.1. The summed E-state index contributed by atoms with van der Waals surface area (Å²) in [4.78, 5) is 5.22. The number of aromatic nitrogens is 2. The highest BCUT2D eigenvalue weighted by Gasteiger charge is 2.29. The first-order valence-corrected chi connectivity index (χ1v) is 7.49. The Bertz CT molecular complexity index is 404. The average Bonchev–Trinajstić information content (AvgIpc) is 2.85. The molecule has 0 saturated carbocycles. The number of piperazine rings is 1. The third kappa shape index (κ3) is 2.68. The number of aryl methyl sites for hydroxylation is 1. The van der Waals surface area contributed by atoms with Crippen molar-refractivity contribution in [1.29, 1.82) is 0 Å². The van der Waals surface area contributed by atoms with E-state index in [4.69, 9.17) is 0 Å². The second-order valence-corrected chi connectivity index (χ2v) is 5.69. The molecule has 3 heterocycles. The van der Waals surface area contributed by atoms with E-state index in [2.05, 4.69) is 40.3 Å². The summed E-state index contributed by atoms with van der Waals surface area (Å²) in [6.07, 6.45) is 4.21. The zero-order valence-corrected chi connectivity index (χ0v) is 12.0. The summed E-state index contributed by atoms with van der Waals surface area (Å²) in [7, 11) is 0. The van der Waals surface area contributed by atoms with Crippen molar-refractivity contribution in [2.75, 3.05) is 39.3 Å². The molecule has 0 aliphatic carbocycles. The number of rotatable bonds is 4. The maximum Gasteiger partial charge on any atom is 0.0537 e. The van der Waals surface area contributed by atoms with Crippen molar-refractivity contribution >= 4 is 0 Å². The van der Waals surface area contributed by atoms with Crippen molar-refractivity contribution in [3.8, 4) is 0 Å². The molecule has 1 unspecified atom stereocenters. The first kappa shape index (κ1) is 13.1. The number of hydrogen-bond acceptors (Lipinski definition) is 4. The highest BCUT2D eigenvalue weighted by Crippen LogP contribution is 2.22. The zero-order chi connectivity index (χ0) is 13.2. The molecule has 0 bridgehead atoms. The van der Waals surface area contributed by atoms with Crippen molar-refractivity contribution in [1.82, 2.24) is 24.9 Å². The fourth-order valence-electron chi connectivity index (χ4n) is 3.00. The Hall–Kier alpha value is -0.910. The summed E-state index contributed by atoms with van der Waals surface area (Å²) < 4.78 is 2.02. The maximum atomic E-state index is 4.39. The van der Waals surface area contributed by atoms with Crippen LogP contribution >= 0.6 is 0 Å². The van der Waals surface area contributed by atoms with E-state index in [-0.39, 0.29) is 0 Å². The first-order chi connectivity index (χ1) is 9.28. The maximum absolute atomic E-state index is 4.39. The Morgan fingerprint density at radius 3 is 2.58 bits per heavy atom. The molecule has 0 amide bonds. The van der Waals surface area contributed by atoms with Gasteiger partial charge in [0.05, 0.1) is 6.20 Å². The topological polar surface area (TPSA) is 36.3 Å². The SMILES string of the molecule is CCn1cc(C(C)N2CCN(C3CNC3)CC2)cn1. The highest BCUT2D eigenvalue weighted by atomic mass is 15.3. The summed E-state index contributed by atoms with van der Waals surface area (Å²) in [6, 6.07) is 1.28. The van der Waals surface area contributed by atoms with Gasteiger partial charge in [0.1, 0.15) is 0 Å². The molecule has 5 nitrogen and oxygen atoms in total. The lowest BCUT2D eigenvalue weighted by Crippen LogP contribution is -2.61. The minimum Gasteiger partial charge on any atom is -0.314 e. The van der Waals surface area contributed by atoms with Crippen molar-refractivity contribution in [3.63, 3.8) is 0 Å². The molecule has 1 atom stereocenters. The highest BCUT2D eigenvalue weighted by molar-refractivity contribution is 5.10. The van der Waals surface area contributed by atoms with E-state index in [0.717, 1.165) is 12.6 Å². The van der Waals surface area contributed by atoms with Gasteiger partial charge in [-0.05, 0) is 13.8 Å². The average molecular weight is 263 g/mol. The molecule has 5 heteroatoms. The van der Waals surface area contributed by atoms with Crippen molar-refractivity contribution < 1.29 is 0 Å². The predicted octanol–water partition coefficient (Wildman–Crippen LogP) is 0.553. The summed E-state index contributed by atoms with van der Waals surface area (Å²) in [5.74, 6) is 0. The van der Waals surface area contributed by atoms with Crippen LogP contribution in [0, 0.1) is 0 Å². The molecule has 3 rings (SSSR count). The first-order valence-electron chi connectivity index (χ1n) is 7.49. The smallest absolute Gasteiger partial charge is 0.0537 e. The minimum atomic E-state index is 0.488. The molecule has 1 aromatic heterocycles. The quantitative estimate of drug-likeness (QED) is 0.861. The molecule has 0 spiro atoms. The van der Waals surface area contributed by atoms with Gasteiger partial charge >= 0.3 is 0 Å². The van der Waals surface area contributed by atoms with Gasteiger partial charge in [-0.2, -0.15) is 5.10 Å². The summed E-state index contributed by atoms with van der Waals surface area (Å²) in [5.41, 5.74) is 1.35. The van der Waals surface area contributed by atoms with Crippen LogP contribution in [0.1, 0.15) is 25.5 Å². The lowest BCUT2D eigenvalue weighted by Gasteiger charge is -2.44. The van der Waals surface area contributed by atoms with Crippen molar-refractivity contribution in [2.24, 2.45) is 0 Å². The molecule has 2 fully saturated rings. The summed E-state index contributed by atoms with van der Waals surface area (Å²) in [6.45, 7) is 12.5. The van der Waals surface area contributed by atoms with Crippen molar-refractivity contribution in [2.45, 2.75) is 32.5 Å². The van der Waals surface area contributed by atoms with E-state index in [1.807, 2.05) is 10.9 Å². The van der Waals surface area contributed by atoms with Gasteiger partial charge in [-0.3, -0.25) is 14.5 Å². The third-order valence-electron chi connectivity index (χ3n) is 4.63. The van der Waals surface area contributed by atoms with Crippen LogP contribution in [0.5, 0.6) is 0 Å². The molecule has 0 radical (unpaired) electrons. The van der Waals surface area contributed by atoms with Crippen molar-refractivity contribution in [3.05, 3.63) is 18.0 Å². The Balaban J connectivity index is 1.55. The normalized spacial score (nSPS) is 24.3. The molecule has 2 aliphatic rings. The van der Waals surface area contributed by atoms with Crippen LogP contribution in [0.2, 0.25) is 0 Å². The molecular formula is C14H25N5. The standard InChI is InChI=1S/C14H25N5/c1-3-19-11-13(8-16-19)12(2)17-4-6-18(7-5-17)14-9-15-10-14/h8,11-12,14-15H,3-7,9-10H2,1-2H3. The van der Waals surface area contributed by atoms with Gasteiger partial charge < -0.3 is 5.32 Å². The predicted molar refractivity (Wildman–Crippen MR) is 76.1 cm³/mol.